The predicted molar refractivity (Wildman–Crippen MR) is 96.5 cm³/mol. The number of esters is 1. The third-order valence-corrected chi connectivity index (χ3v) is 3.48. The van der Waals surface area contributed by atoms with Crippen LogP contribution in [0.4, 0.5) is 0 Å². The Morgan fingerprint density at radius 2 is 2.08 bits per heavy atom. The Morgan fingerprint density at radius 1 is 1.28 bits per heavy atom. The van der Waals surface area contributed by atoms with Crippen LogP contribution in [0.1, 0.15) is 15.9 Å². The van der Waals surface area contributed by atoms with E-state index in [1.54, 1.807) is 36.5 Å². The Balaban J connectivity index is 0.00000312. The molecule has 0 spiro atoms. The van der Waals surface area contributed by atoms with Crippen molar-refractivity contribution in [2.75, 3.05) is 19.8 Å². The molecule has 0 saturated carbocycles. The molecule has 0 fully saturated rings. The maximum atomic E-state index is 11.7. The summed E-state index contributed by atoms with van der Waals surface area (Å²) in [6.45, 7) is 1.91. The molecule has 8 heteroatoms. The first-order valence-electron chi connectivity index (χ1n) is 7.29. The van der Waals surface area contributed by atoms with Crippen LogP contribution in [0.15, 0.2) is 42.7 Å². The number of amides is 1. The SMILES string of the molecule is Cc1cc(OCC(=O)OCCNC(=O)c2cccnc2)ccc1Cl.Cl. The second-order valence-electron chi connectivity index (χ2n) is 4.92. The van der Waals surface area contributed by atoms with Crippen molar-refractivity contribution in [1.82, 2.24) is 10.3 Å². The Labute approximate surface area is 156 Å². The topological polar surface area (TPSA) is 77.5 Å². The number of ether oxygens (including phenoxy) is 2. The molecule has 0 unspecified atom stereocenters. The van der Waals surface area contributed by atoms with E-state index in [1.165, 1.54) is 6.20 Å². The zero-order valence-electron chi connectivity index (χ0n) is 13.5. The van der Waals surface area contributed by atoms with Gasteiger partial charge in [0, 0.05) is 17.4 Å². The van der Waals surface area contributed by atoms with Crippen molar-refractivity contribution in [3.63, 3.8) is 0 Å². The number of carbonyl (C=O) groups is 2. The van der Waals surface area contributed by atoms with Crippen LogP contribution < -0.4 is 10.1 Å². The number of nitrogens with one attached hydrogen (secondary N) is 1. The number of aryl methyl sites for hydroxylation is 1. The molecule has 1 amide bonds. The van der Waals surface area contributed by atoms with Crippen molar-refractivity contribution in [3.05, 3.63) is 58.9 Å². The molecule has 1 heterocycles. The molecule has 2 rings (SSSR count). The Hall–Kier alpha value is -2.31. The molecule has 2 aromatic rings. The zero-order chi connectivity index (χ0) is 17.4. The van der Waals surface area contributed by atoms with Crippen molar-refractivity contribution < 1.29 is 19.1 Å². The third kappa shape index (κ3) is 6.99. The fourth-order valence-corrected chi connectivity index (χ4v) is 1.94. The molecule has 0 atom stereocenters. The van der Waals surface area contributed by atoms with Gasteiger partial charge in [-0.05, 0) is 42.8 Å². The summed E-state index contributed by atoms with van der Waals surface area (Å²) in [6.07, 6.45) is 3.05. The van der Waals surface area contributed by atoms with Crippen LogP contribution >= 0.6 is 24.0 Å². The maximum Gasteiger partial charge on any atom is 0.344 e. The van der Waals surface area contributed by atoms with Crippen molar-refractivity contribution >= 4 is 35.9 Å². The summed E-state index contributed by atoms with van der Waals surface area (Å²) in [6, 6.07) is 8.44. The highest BCUT2D eigenvalue weighted by Gasteiger charge is 2.07. The lowest BCUT2D eigenvalue weighted by atomic mass is 10.2. The molecule has 6 nitrogen and oxygen atoms in total. The first kappa shape index (κ1) is 20.7. The molecule has 25 heavy (non-hydrogen) atoms. The smallest absolute Gasteiger partial charge is 0.344 e. The number of aromatic nitrogens is 1. The van der Waals surface area contributed by atoms with E-state index in [9.17, 15) is 9.59 Å². The summed E-state index contributed by atoms with van der Waals surface area (Å²) >= 11 is 5.91. The van der Waals surface area contributed by atoms with Crippen molar-refractivity contribution in [2.45, 2.75) is 6.92 Å². The van der Waals surface area contributed by atoms with Crippen molar-refractivity contribution in [3.8, 4) is 5.75 Å². The van der Waals surface area contributed by atoms with Gasteiger partial charge in [0.15, 0.2) is 6.61 Å². The minimum Gasteiger partial charge on any atom is -0.482 e. The largest absolute Gasteiger partial charge is 0.482 e. The van der Waals surface area contributed by atoms with Gasteiger partial charge in [0.2, 0.25) is 0 Å². The summed E-state index contributed by atoms with van der Waals surface area (Å²) in [5.41, 5.74) is 1.31. The van der Waals surface area contributed by atoms with Gasteiger partial charge in [-0.1, -0.05) is 11.6 Å². The highest BCUT2D eigenvalue weighted by Crippen LogP contribution is 2.20. The summed E-state index contributed by atoms with van der Waals surface area (Å²) in [4.78, 5) is 27.2. The number of hydrogen-bond donors (Lipinski definition) is 1. The highest BCUT2D eigenvalue weighted by molar-refractivity contribution is 6.31. The minimum atomic E-state index is -0.516. The van der Waals surface area contributed by atoms with Crippen molar-refractivity contribution in [2.24, 2.45) is 0 Å². The fourth-order valence-electron chi connectivity index (χ4n) is 1.82. The lowest BCUT2D eigenvalue weighted by molar-refractivity contribution is -0.145. The number of carbonyl (C=O) groups excluding carboxylic acids is 2. The van der Waals surface area contributed by atoms with Gasteiger partial charge in [0.05, 0.1) is 12.1 Å². The van der Waals surface area contributed by atoms with Gasteiger partial charge in [-0.25, -0.2) is 4.79 Å². The van der Waals surface area contributed by atoms with Gasteiger partial charge < -0.3 is 14.8 Å². The van der Waals surface area contributed by atoms with Gasteiger partial charge in [-0.3, -0.25) is 9.78 Å². The number of hydrogen-bond acceptors (Lipinski definition) is 5. The molecule has 0 aliphatic rings. The summed E-state index contributed by atoms with van der Waals surface area (Å²) in [5, 5.41) is 3.26. The summed E-state index contributed by atoms with van der Waals surface area (Å²) < 4.78 is 10.3. The average molecular weight is 385 g/mol. The second-order valence-corrected chi connectivity index (χ2v) is 5.32. The monoisotopic (exact) mass is 384 g/mol. The van der Waals surface area contributed by atoms with Crippen LogP contribution in [0.5, 0.6) is 5.75 Å². The van der Waals surface area contributed by atoms with E-state index in [-0.39, 0.29) is 38.1 Å². The number of benzene rings is 1. The van der Waals surface area contributed by atoms with Gasteiger partial charge >= 0.3 is 5.97 Å². The first-order chi connectivity index (χ1) is 11.6. The normalized spacial score (nSPS) is 9.68. The number of halogens is 2. The number of pyridine rings is 1. The van der Waals surface area contributed by atoms with E-state index in [0.29, 0.717) is 16.3 Å². The number of rotatable bonds is 7. The molecular weight excluding hydrogens is 367 g/mol. The van der Waals surface area contributed by atoms with E-state index in [4.69, 9.17) is 21.1 Å². The van der Waals surface area contributed by atoms with Gasteiger partial charge in [0.25, 0.3) is 5.91 Å². The average Bonchev–Trinajstić information content (AvgIpc) is 2.60. The van der Waals surface area contributed by atoms with E-state index in [1.807, 2.05) is 6.92 Å². The van der Waals surface area contributed by atoms with Crippen LogP contribution in [-0.4, -0.2) is 36.6 Å². The zero-order valence-corrected chi connectivity index (χ0v) is 15.1. The van der Waals surface area contributed by atoms with Gasteiger partial charge in [0.1, 0.15) is 12.4 Å². The van der Waals surface area contributed by atoms with E-state index >= 15 is 0 Å². The molecule has 134 valence electrons. The van der Waals surface area contributed by atoms with Gasteiger partial charge in [-0.2, -0.15) is 0 Å². The van der Waals surface area contributed by atoms with E-state index in [2.05, 4.69) is 10.3 Å². The van der Waals surface area contributed by atoms with Crippen LogP contribution in [-0.2, 0) is 9.53 Å². The third-order valence-electron chi connectivity index (χ3n) is 3.06. The van der Waals surface area contributed by atoms with E-state index < -0.39 is 5.97 Å². The molecule has 0 saturated heterocycles. The predicted octanol–water partition coefficient (Wildman–Crippen LogP) is 2.82. The number of nitrogens with zero attached hydrogens (tertiary/aromatic N) is 1. The Kier molecular flexibility index (Phi) is 8.74. The van der Waals surface area contributed by atoms with Crippen LogP contribution in [0.25, 0.3) is 0 Å². The highest BCUT2D eigenvalue weighted by atomic mass is 35.5. The first-order valence-corrected chi connectivity index (χ1v) is 7.67. The molecule has 1 aromatic carbocycles. The Morgan fingerprint density at radius 3 is 2.76 bits per heavy atom. The van der Waals surface area contributed by atoms with Crippen molar-refractivity contribution in [1.29, 1.82) is 0 Å². The van der Waals surface area contributed by atoms with E-state index in [0.717, 1.165) is 5.56 Å². The molecule has 0 aliphatic carbocycles. The summed E-state index contributed by atoms with van der Waals surface area (Å²) in [7, 11) is 0. The maximum absolute atomic E-state index is 11.7. The fraction of sp³-hybridized carbons (Fsp3) is 0.235. The minimum absolute atomic E-state index is 0. The Bertz CT molecular complexity index is 711. The van der Waals surface area contributed by atoms with Crippen LogP contribution in [0.3, 0.4) is 0 Å². The molecule has 0 aliphatic heterocycles. The van der Waals surface area contributed by atoms with Crippen LogP contribution in [0.2, 0.25) is 5.02 Å². The van der Waals surface area contributed by atoms with Gasteiger partial charge in [-0.15, -0.1) is 12.4 Å². The molecule has 1 N–H and O–H groups in total. The lowest BCUT2D eigenvalue weighted by Crippen LogP contribution is -2.28. The molecule has 1 aromatic heterocycles. The molecule has 0 bridgehead atoms. The quantitative estimate of drug-likeness (QED) is 0.586. The lowest BCUT2D eigenvalue weighted by Gasteiger charge is -2.09. The summed E-state index contributed by atoms with van der Waals surface area (Å²) in [5.74, 6) is -0.246. The van der Waals surface area contributed by atoms with Crippen LogP contribution in [0, 0.1) is 6.92 Å². The molecule has 0 radical (unpaired) electrons. The second kappa shape index (κ2) is 10.5. The standard InChI is InChI=1S/C17H17ClN2O4.ClH/c1-12-9-14(4-5-15(12)18)24-11-16(21)23-8-7-20-17(22)13-3-2-6-19-10-13;/h2-6,9-10H,7-8,11H2,1H3,(H,20,22);1H. The molecular formula is C17H18Cl2N2O4.